The number of hydrogen-bond acceptors (Lipinski definition) is 1. The van der Waals surface area contributed by atoms with Crippen molar-refractivity contribution in [2.75, 3.05) is 4.90 Å². The van der Waals surface area contributed by atoms with Gasteiger partial charge in [0, 0.05) is 28.9 Å². The largest absolute Gasteiger partial charge is 0.314 e. The van der Waals surface area contributed by atoms with Gasteiger partial charge in [0.25, 0.3) is 0 Å². The molecule has 310 valence electrons. The first-order chi connectivity index (χ1) is 31.1. The van der Waals surface area contributed by atoms with Crippen LogP contribution < -0.4 is 4.90 Å². The summed E-state index contributed by atoms with van der Waals surface area (Å²) in [5, 5.41) is 0. The molecule has 0 radical (unpaired) electrons. The van der Waals surface area contributed by atoms with Crippen molar-refractivity contribution in [2.45, 2.75) is 57.8 Å². The quantitative estimate of drug-likeness (QED) is 0.128. The third kappa shape index (κ3) is 8.98. The molecule has 0 bridgehead atoms. The highest BCUT2D eigenvalue weighted by Gasteiger charge is 2.30. The summed E-state index contributed by atoms with van der Waals surface area (Å²) >= 11 is 0. The van der Waals surface area contributed by atoms with Gasteiger partial charge in [0.05, 0.1) is 0 Å². The van der Waals surface area contributed by atoms with Gasteiger partial charge < -0.3 is 4.90 Å². The van der Waals surface area contributed by atoms with Gasteiger partial charge in [-0.15, -0.1) is 0 Å². The third-order valence-electron chi connectivity index (χ3n) is 13.9. The number of hydrogen-bond donors (Lipinski definition) is 0. The van der Waals surface area contributed by atoms with E-state index in [2.05, 4.69) is 230 Å². The third-order valence-corrected chi connectivity index (χ3v) is 13.9. The van der Waals surface area contributed by atoms with Gasteiger partial charge in [-0.25, -0.2) is 0 Å². The summed E-state index contributed by atoms with van der Waals surface area (Å²) in [5.41, 5.74) is 18.8. The maximum atomic E-state index is 2.50. The van der Waals surface area contributed by atoms with Crippen LogP contribution in [0.1, 0.15) is 80.0 Å². The molecule has 0 saturated heterocycles. The molecule has 5 aliphatic carbocycles. The van der Waals surface area contributed by atoms with Gasteiger partial charge in [-0.05, 0) is 137 Å². The van der Waals surface area contributed by atoms with Crippen molar-refractivity contribution < 1.29 is 0 Å². The van der Waals surface area contributed by atoms with Crippen molar-refractivity contribution in [3.05, 3.63) is 258 Å². The van der Waals surface area contributed by atoms with Crippen molar-refractivity contribution in [1.82, 2.24) is 0 Å². The molecule has 4 atom stereocenters. The van der Waals surface area contributed by atoms with Crippen LogP contribution in [-0.4, -0.2) is 0 Å². The predicted molar refractivity (Wildman–Crippen MR) is 269 cm³/mol. The molecule has 5 aliphatic rings. The van der Waals surface area contributed by atoms with E-state index < -0.39 is 0 Å². The Hall–Kier alpha value is -6.70. The summed E-state index contributed by atoms with van der Waals surface area (Å²) in [5.74, 6) is 1.77. The highest BCUT2D eigenvalue weighted by Crippen LogP contribution is 2.44. The molecule has 0 N–H and O–H groups in total. The van der Waals surface area contributed by atoms with Crippen LogP contribution in [0.25, 0.3) is 27.8 Å². The van der Waals surface area contributed by atoms with Gasteiger partial charge >= 0.3 is 0 Å². The first-order valence-corrected chi connectivity index (χ1v) is 23.2. The lowest BCUT2D eigenvalue weighted by atomic mass is 9.71. The van der Waals surface area contributed by atoms with Gasteiger partial charge in [0.2, 0.25) is 0 Å². The van der Waals surface area contributed by atoms with Crippen molar-refractivity contribution in [2.24, 2.45) is 17.8 Å². The lowest BCUT2D eigenvalue weighted by Gasteiger charge is -2.33. The Labute approximate surface area is 375 Å². The molecule has 0 fully saturated rings. The number of allylic oxidation sites excluding steroid dienone is 20. The van der Waals surface area contributed by atoms with E-state index in [1.54, 1.807) is 5.57 Å². The number of benzene rings is 5. The normalized spacial score (nSPS) is 21.1. The molecule has 0 heterocycles. The van der Waals surface area contributed by atoms with E-state index in [0.29, 0.717) is 23.7 Å². The number of nitrogens with zero attached hydrogens (tertiary/aromatic N) is 1. The monoisotopic (exact) mass is 815 g/mol. The van der Waals surface area contributed by atoms with Gasteiger partial charge in [-0.2, -0.15) is 0 Å². The van der Waals surface area contributed by atoms with Crippen molar-refractivity contribution >= 4 is 28.1 Å². The standard InChI is InChI=1S/C62H57N/c1-45-13-11-12-20-61(45)62(56-29-25-51(26-30-56)50-23-21-49(22-24-50)46-14-5-2-6-15-46)57-31-27-52(28-32-57)55-37-43-60(44-38-55)63(58-39-33-53(34-40-58)47-16-7-3-8-17-47)59-41-35-54(36-42-59)48-18-9-4-10-19-48/h2-12,14-18,20-21,23,25-31,33-35,37-41,43-45,48,57,62H,13,19,22,24,32,36,42H2,1H3/t45?,48?,57?,62-/m0/s1. The SMILES string of the molecule is CC1CC=CC=C1[C@@H](c1ccc(C2=CC=C(c3ccccc3)CC2)cc1)C1C=CC(c2ccc(N(C3=CC=C(C4C=CC=CC4)CC3)c3ccc(-c4ccccc4)cc3)cc2)=CC1. The summed E-state index contributed by atoms with van der Waals surface area (Å²) in [6, 6.07) is 49.5. The molecule has 3 unspecified atom stereocenters. The number of rotatable bonds is 11. The molecule has 0 amide bonds. The summed E-state index contributed by atoms with van der Waals surface area (Å²) in [7, 11) is 0. The zero-order valence-corrected chi connectivity index (χ0v) is 36.5. The summed E-state index contributed by atoms with van der Waals surface area (Å²) in [4.78, 5) is 2.47. The zero-order valence-electron chi connectivity index (χ0n) is 36.5. The maximum Gasteiger partial charge on any atom is 0.0458 e. The maximum absolute atomic E-state index is 2.50. The van der Waals surface area contributed by atoms with E-state index >= 15 is 0 Å². The fourth-order valence-corrected chi connectivity index (χ4v) is 10.3. The fraction of sp³-hybridized carbons (Fsp3) is 0.194. The molecular formula is C62H57N. The van der Waals surface area contributed by atoms with Crippen LogP contribution in [0.2, 0.25) is 0 Å². The Morgan fingerprint density at radius 3 is 1.70 bits per heavy atom. The Balaban J connectivity index is 0.889. The van der Waals surface area contributed by atoms with Gasteiger partial charge in [0.1, 0.15) is 0 Å². The minimum absolute atomic E-state index is 0.339. The molecule has 0 aliphatic heterocycles. The zero-order chi connectivity index (χ0) is 42.4. The Morgan fingerprint density at radius 1 is 0.492 bits per heavy atom. The molecule has 0 saturated carbocycles. The average molecular weight is 816 g/mol. The van der Waals surface area contributed by atoms with Crippen LogP contribution in [0.4, 0.5) is 11.4 Å². The van der Waals surface area contributed by atoms with Gasteiger partial charge in [-0.1, -0.05) is 206 Å². The van der Waals surface area contributed by atoms with Crippen LogP contribution in [0.3, 0.4) is 0 Å². The van der Waals surface area contributed by atoms with E-state index in [0.717, 1.165) is 44.9 Å². The van der Waals surface area contributed by atoms with E-state index in [1.165, 1.54) is 72.7 Å². The first kappa shape index (κ1) is 40.4. The predicted octanol–water partition coefficient (Wildman–Crippen LogP) is 16.8. The molecule has 1 heteroatoms. The Bertz CT molecular complexity index is 2720. The first-order valence-electron chi connectivity index (χ1n) is 23.2. The second-order valence-electron chi connectivity index (χ2n) is 17.8. The second kappa shape index (κ2) is 18.7. The van der Waals surface area contributed by atoms with Crippen molar-refractivity contribution in [3.8, 4) is 11.1 Å². The Kier molecular flexibility index (Phi) is 12.0. The lowest BCUT2D eigenvalue weighted by Crippen LogP contribution is -2.20. The summed E-state index contributed by atoms with van der Waals surface area (Å²) in [6.07, 6.45) is 40.3. The lowest BCUT2D eigenvalue weighted by molar-refractivity contribution is 0.504. The molecule has 0 spiro atoms. The molecule has 0 aromatic heterocycles. The van der Waals surface area contributed by atoms with Crippen LogP contribution in [0, 0.1) is 17.8 Å². The van der Waals surface area contributed by atoms with Gasteiger partial charge in [-0.3, -0.25) is 0 Å². The molecule has 5 aromatic carbocycles. The molecule has 10 rings (SSSR count). The summed E-state index contributed by atoms with van der Waals surface area (Å²) in [6.45, 7) is 2.40. The van der Waals surface area contributed by atoms with Crippen molar-refractivity contribution in [1.29, 1.82) is 0 Å². The highest BCUT2D eigenvalue weighted by atomic mass is 15.1. The molecule has 63 heavy (non-hydrogen) atoms. The van der Waals surface area contributed by atoms with Gasteiger partial charge in [0.15, 0.2) is 0 Å². The van der Waals surface area contributed by atoms with E-state index in [4.69, 9.17) is 0 Å². The van der Waals surface area contributed by atoms with E-state index in [-0.39, 0.29) is 0 Å². The average Bonchev–Trinajstić information content (AvgIpc) is 3.37. The number of anilines is 2. The summed E-state index contributed by atoms with van der Waals surface area (Å²) < 4.78 is 0. The van der Waals surface area contributed by atoms with Crippen LogP contribution >= 0.6 is 0 Å². The van der Waals surface area contributed by atoms with E-state index in [1.807, 2.05) is 0 Å². The second-order valence-corrected chi connectivity index (χ2v) is 17.8. The topological polar surface area (TPSA) is 3.24 Å². The van der Waals surface area contributed by atoms with E-state index in [9.17, 15) is 0 Å². The Morgan fingerprint density at radius 2 is 1.11 bits per heavy atom. The van der Waals surface area contributed by atoms with Crippen molar-refractivity contribution in [3.63, 3.8) is 0 Å². The molecular weight excluding hydrogens is 759 g/mol. The van der Waals surface area contributed by atoms with Crippen LogP contribution in [0.15, 0.2) is 235 Å². The minimum atomic E-state index is 0.339. The molecule has 1 nitrogen and oxygen atoms in total. The smallest absolute Gasteiger partial charge is 0.0458 e. The minimum Gasteiger partial charge on any atom is -0.314 e. The highest BCUT2D eigenvalue weighted by molar-refractivity contribution is 5.80. The van der Waals surface area contributed by atoms with Crippen LogP contribution in [0.5, 0.6) is 0 Å². The van der Waals surface area contributed by atoms with Crippen LogP contribution in [-0.2, 0) is 0 Å². The molecule has 5 aromatic rings. The fourth-order valence-electron chi connectivity index (χ4n) is 10.3.